The van der Waals surface area contributed by atoms with E-state index in [1.54, 1.807) is 31.5 Å². The fourth-order valence-electron chi connectivity index (χ4n) is 3.40. The van der Waals surface area contributed by atoms with Crippen molar-refractivity contribution in [3.05, 3.63) is 66.0 Å². The van der Waals surface area contributed by atoms with Crippen molar-refractivity contribution in [2.24, 2.45) is 0 Å². The molecule has 0 saturated carbocycles. The largest absolute Gasteiger partial charge is 0.493 e. The number of aromatic nitrogens is 2. The third-order valence-corrected chi connectivity index (χ3v) is 4.62. The van der Waals surface area contributed by atoms with Crippen LogP contribution in [0.15, 0.2) is 54.9 Å². The third kappa shape index (κ3) is 2.69. The molecule has 6 nitrogen and oxygen atoms in total. The van der Waals surface area contributed by atoms with Crippen molar-refractivity contribution in [1.29, 1.82) is 0 Å². The number of fused-ring (bicyclic) bond motifs is 1. The Labute approximate surface area is 150 Å². The maximum absolute atomic E-state index is 11.6. The van der Waals surface area contributed by atoms with Crippen LogP contribution < -0.4 is 9.47 Å². The lowest BCUT2D eigenvalue weighted by Gasteiger charge is -2.28. The summed E-state index contributed by atoms with van der Waals surface area (Å²) < 4.78 is 13.3. The molecule has 1 aromatic heterocycles. The highest BCUT2D eigenvalue weighted by molar-refractivity contribution is 5.95. The Balaban J connectivity index is 1.72. The Bertz CT molecular complexity index is 964. The summed E-state index contributed by atoms with van der Waals surface area (Å²) in [5.41, 5.74) is 1.90. The molecule has 2 heterocycles. The topological polar surface area (TPSA) is 73.6 Å². The standard InChI is InChI=1S/C20H18N2O4/c1-25-17-8-4-5-13-11-14(12-26-18(13)17)22-10-9-21-19(22)15-6-2-3-7-16(15)20(23)24/h2-10,14H,11-12H2,1H3,(H,23,24). The molecule has 0 fully saturated rings. The summed E-state index contributed by atoms with van der Waals surface area (Å²) in [6.45, 7) is 0.464. The van der Waals surface area contributed by atoms with Crippen molar-refractivity contribution in [1.82, 2.24) is 9.55 Å². The molecule has 0 saturated heterocycles. The molecule has 26 heavy (non-hydrogen) atoms. The summed E-state index contributed by atoms with van der Waals surface area (Å²) >= 11 is 0. The van der Waals surface area contributed by atoms with Gasteiger partial charge in [0.1, 0.15) is 12.4 Å². The first-order valence-electron chi connectivity index (χ1n) is 8.33. The highest BCUT2D eigenvalue weighted by Gasteiger charge is 2.26. The van der Waals surface area contributed by atoms with Crippen LogP contribution in [0.1, 0.15) is 22.0 Å². The SMILES string of the molecule is COc1cccc2c1OCC(n1ccnc1-c1ccccc1C(=O)O)C2. The van der Waals surface area contributed by atoms with Gasteiger partial charge in [-0.3, -0.25) is 0 Å². The summed E-state index contributed by atoms with van der Waals surface area (Å²) in [6, 6.07) is 12.8. The summed E-state index contributed by atoms with van der Waals surface area (Å²) in [6.07, 6.45) is 4.31. The highest BCUT2D eigenvalue weighted by Crippen LogP contribution is 2.38. The molecule has 4 rings (SSSR count). The van der Waals surface area contributed by atoms with Crippen LogP contribution in [0.25, 0.3) is 11.4 Å². The molecule has 0 radical (unpaired) electrons. The molecule has 1 aliphatic rings. The Kier molecular flexibility index (Phi) is 4.08. The summed E-state index contributed by atoms with van der Waals surface area (Å²) in [5.74, 6) is 1.16. The Morgan fingerprint density at radius 2 is 2.12 bits per heavy atom. The van der Waals surface area contributed by atoms with E-state index in [1.165, 1.54) is 0 Å². The Hall–Kier alpha value is -3.28. The van der Waals surface area contributed by atoms with Gasteiger partial charge in [0, 0.05) is 29.9 Å². The summed E-state index contributed by atoms with van der Waals surface area (Å²) in [5, 5.41) is 9.48. The number of imidazole rings is 1. The van der Waals surface area contributed by atoms with Crippen LogP contribution in [-0.2, 0) is 6.42 Å². The van der Waals surface area contributed by atoms with E-state index in [1.807, 2.05) is 35.0 Å². The number of carboxylic acid groups (broad SMARTS) is 1. The van der Waals surface area contributed by atoms with Crippen molar-refractivity contribution in [3.8, 4) is 22.9 Å². The fourth-order valence-corrected chi connectivity index (χ4v) is 3.40. The van der Waals surface area contributed by atoms with E-state index >= 15 is 0 Å². The lowest BCUT2D eigenvalue weighted by atomic mass is 10.0. The van der Waals surface area contributed by atoms with Gasteiger partial charge in [-0.25, -0.2) is 9.78 Å². The van der Waals surface area contributed by atoms with E-state index in [-0.39, 0.29) is 11.6 Å². The molecule has 2 aromatic carbocycles. The number of ether oxygens (including phenoxy) is 2. The number of carboxylic acids is 1. The van der Waals surface area contributed by atoms with Gasteiger partial charge < -0.3 is 19.1 Å². The van der Waals surface area contributed by atoms with Crippen molar-refractivity contribution < 1.29 is 19.4 Å². The normalized spacial score (nSPS) is 15.8. The minimum absolute atomic E-state index is 0.0222. The van der Waals surface area contributed by atoms with E-state index in [9.17, 15) is 9.90 Å². The molecule has 1 N–H and O–H groups in total. The van der Waals surface area contributed by atoms with Gasteiger partial charge in [0.05, 0.1) is 18.7 Å². The molecule has 3 aromatic rings. The highest BCUT2D eigenvalue weighted by atomic mass is 16.5. The second kappa shape index (κ2) is 6.55. The van der Waals surface area contributed by atoms with Crippen LogP contribution in [-0.4, -0.2) is 34.3 Å². The number of carbonyl (C=O) groups is 1. The van der Waals surface area contributed by atoms with Gasteiger partial charge in [-0.05, 0) is 12.1 Å². The number of para-hydroxylation sites is 1. The number of hydrogen-bond acceptors (Lipinski definition) is 4. The first-order chi connectivity index (χ1) is 12.7. The van der Waals surface area contributed by atoms with Gasteiger partial charge >= 0.3 is 5.97 Å². The van der Waals surface area contributed by atoms with E-state index in [2.05, 4.69) is 4.98 Å². The van der Waals surface area contributed by atoms with E-state index < -0.39 is 5.97 Å². The van der Waals surface area contributed by atoms with Crippen LogP contribution in [0.4, 0.5) is 0 Å². The van der Waals surface area contributed by atoms with E-state index in [0.29, 0.717) is 18.0 Å². The average Bonchev–Trinajstić information content (AvgIpc) is 3.16. The smallest absolute Gasteiger partial charge is 0.336 e. The van der Waals surface area contributed by atoms with Crippen molar-refractivity contribution in [2.75, 3.05) is 13.7 Å². The summed E-state index contributed by atoms with van der Waals surface area (Å²) in [7, 11) is 1.63. The van der Waals surface area contributed by atoms with Crippen molar-refractivity contribution in [3.63, 3.8) is 0 Å². The molecule has 132 valence electrons. The number of aromatic carboxylic acids is 1. The summed E-state index contributed by atoms with van der Waals surface area (Å²) in [4.78, 5) is 16.0. The van der Waals surface area contributed by atoms with Gasteiger partial charge in [-0.2, -0.15) is 0 Å². The molecule has 6 heteroatoms. The first kappa shape index (κ1) is 16.2. The van der Waals surface area contributed by atoms with Gasteiger partial charge in [0.2, 0.25) is 0 Å². The molecule has 0 aliphatic carbocycles. The number of rotatable bonds is 4. The molecule has 0 spiro atoms. The van der Waals surface area contributed by atoms with Crippen LogP contribution >= 0.6 is 0 Å². The maximum atomic E-state index is 11.6. The first-order valence-corrected chi connectivity index (χ1v) is 8.33. The zero-order valence-corrected chi connectivity index (χ0v) is 14.3. The number of methoxy groups -OCH3 is 1. The van der Waals surface area contributed by atoms with Crippen LogP contribution in [0.5, 0.6) is 11.5 Å². The second-order valence-electron chi connectivity index (χ2n) is 6.13. The second-order valence-corrected chi connectivity index (χ2v) is 6.13. The fraction of sp³-hybridized carbons (Fsp3) is 0.200. The maximum Gasteiger partial charge on any atom is 0.336 e. The molecule has 0 bridgehead atoms. The lowest BCUT2D eigenvalue weighted by molar-refractivity contribution is 0.0697. The van der Waals surface area contributed by atoms with Crippen molar-refractivity contribution in [2.45, 2.75) is 12.5 Å². The third-order valence-electron chi connectivity index (χ3n) is 4.62. The molecule has 1 aliphatic heterocycles. The van der Waals surface area contributed by atoms with Gasteiger partial charge in [-0.1, -0.05) is 30.3 Å². The molecular weight excluding hydrogens is 332 g/mol. The Morgan fingerprint density at radius 3 is 2.92 bits per heavy atom. The minimum Gasteiger partial charge on any atom is -0.493 e. The van der Waals surface area contributed by atoms with Crippen LogP contribution in [0, 0.1) is 0 Å². The number of hydrogen-bond donors (Lipinski definition) is 1. The monoisotopic (exact) mass is 350 g/mol. The molecular formula is C20H18N2O4. The van der Waals surface area contributed by atoms with Gasteiger partial charge in [-0.15, -0.1) is 0 Å². The number of benzene rings is 2. The predicted octanol–water partition coefficient (Wildman–Crippen LogP) is 3.43. The zero-order valence-electron chi connectivity index (χ0n) is 14.3. The quantitative estimate of drug-likeness (QED) is 0.780. The molecule has 1 unspecified atom stereocenters. The van der Waals surface area contributed by atoms with Crippen LogP contribution in [0.3, 0.4) is 0 Å². The van der Waals surface area contributed by atoms with E-state index in [4.69, 9.17) is 9.47 Å². The number of nitrogens with zero attached hydrogens (tertiary/aromatic N) is 2. The minimum atomic E-state index is -0.967. The molecule has 1 atom stereocenters. The van der Waals surface area contributed by atoms with Crippen LogP contribution in [0.2, 0.25) is 0 Å². The zero-order chi connectivity index (χ0) is 18.1. The Morgan fingerprint density at radius 1 is 1.27 bits per heavy atom. The molecule has 0 amide bonds. The lowest BCUT2D eigenvalue weighted by Crippen LogP contribution is -2.25. The average molecular weight is 350 g/mol. The van der Waals surface area contributed by atoms with E-state index in [0.717, 1.165) is 23.5 Å². The predicted molar refractivity (Wildman–Crippen MR) is 95.9 cm³/mol. The van der Waals surface area contributed by atoms with Gasteiger partial charge in [0.25, 0.3) is 0 Å². The van der Waals surface area contributed by atoms with Crippen molar-refractivity contribution >= 4 is 5.97 Å². The van der Waals surface area contributed by atoms with Gasteiger partial charge in [0.15, 0.2) is 11.5 Å².